The molecule has 1 aliphatic rings. The SMILES string of the molecule is O=C(Nc1ncc(S(=O)(=O)c2ccc([N+](=O)[O-])cc2)s1)c1ccc(N2CCOCC2)cc1[N+](=O)[O-]. The maximum atomic E-state index is 12.8. The Kier molecular flexibility index (Phi) is 6.72. The number of morpholine rings is 1. The number of anilines is 2. The number of non-ortho nitro benzene ring substituents is 1. The van der Waals surface area contributed by atoms with Crippen molar-refractivity contribution in [3.63, 3.8) is 0 Å². The minimum atomic E-state index is -4.04. The molecule has 13 nitrogen and oxygen atoms in total. The Morgan fingerprint density at radius 1 is 1.06 bits per heavy atom. The van der Waals surface area contributed by atoms with Crippen molar-refractivity contribution >= 4 is 49.3 Å². The zero-order valence-electron chi connectivity index (χ0n) is 17.8. The Morgan fingerprint density at radius 2 is 1.74 bits per heavy atom. The molecule has 2 aromatic carbocycles. The molecular weight excluding hydrogens is 502 g/mol. The summed E-state index contributed by atoms with van der Waals surface area (Å²) in [5, 5.41) is 24.7. The highest BCUT2D eigenvalue weighted by Gasteiger charge is 2.26. The average molecular weight is 520 g/mol. The molecule has 1 amide bonds. The molecule has 1 fully saturated rings. The van der Waals surface area contributed by atoms with Gasteiger partial charge in [0.25, 0.3) is 17.3 Å². The quantitative estimate of drug-likeness (QED) is 0.361. The number of nitrogens with one attached hydrogen (secondary N) is 1. The predicted octanol–water partition coefficient (Wildman–Crippen LogP) is 2.88. The molecule has 1 aliphatic heterocycles. The van der Waals surface area contributed by atoms with Crippen LogP contribution in [0.5, 0.6) is 0 Å². The van der Waals surface area contributed by atoms with Gasteiger partial charge in [-0.25, -0.2) is 13.4 Å². The second kappa shape index (κ2) is 9.73. The molecular formula is C20H17N5O8S2. The largest absolute Gasteiger partial charge is 0.378 e. The van der Waals surface area contributed by atoms with E-state index in [2.05, 4.69) is 10.3 Å². The van der Waals surface area contributed by atoms with Crippen LogP contribution in [0.15, 0.2) is 57.8 Å². The Balaban J connectivity index is 1.54. The van der Waals surface area contributed by atoms with E-state index < -0.39 is 31.3 Å². The lowest BCUT2D eigenvalue weighted by atomic mass is 10.1. The van der Waals surface area contributed by atoms with Crippen molar-refractivity contribution in [2.24, 2.45) is 0 Å². The van der Waals surface area contributed by atoms with E-state index in [1.54, 1.807) is 6.07 Å². The molecule has 0 spiro atoms. The number of nitro benzene ring substituents is 2. The minimum absolute atomic E-state index is 0.0814. The normalized spacial score (nSPS) is 13.9. The van der Waals surface area contributed by atoms with E-state index in [4.69, 9.17) is 4.74 Å². The van der Waals surface area contributed by atoms with E-state index in [9.17, 15) is 33.4 Å². The van der Waals surface area contributed by atoms with E-state index in [1.165, 1.54) is 12.1 Å². The van der Waals surface area contributed by atoms with Gasteiger partial charge in [0.2, 0.25) is 9.84 Å². The number of nitro groups is 2. The van der Waals surface area contributed by atoms with E-state index in [0.717, 1.165) is 30.5 Å². The molecule has 35 heavy (non-hydrogen) atoms. The standard InChI is InChI=1S/C20H17N5O8S2/c26-19(16-6-3-14(11-17(16)25(29)30)23-7-9-33-10-8-23)22-20-21-12-18(34-20)35(31,32)15-4-1-13(2-5-15)24(27)28/h1-6,11-12H,7-10H2,(H,21,22,26). The van der Waals surface area contributed by atoms with Gasteiger partial charge in [-0.1, -0.05) is 11.3 Å². The highest BCUT2D eigenvalue weighted by Crippen LogP contribution is 2.31. The van der Waals surface area contributed by atoms with Crippen LogP contribution in [0.3, 0.4) is 0 Å². The third-order valence-corrected chi connectivity index (χ3v) is 8.27. The number of thiazole rings is 1. The first kappa shape index (κ1) is 24.2. The maximum absolute atomic E-state index is 12.8. The lowest BCUT2D eigenvalue weighted by Gasteiger charge is -2.28. The van der Waals surface area contributed by atoms with E-state index >= 15 is 0 Å². The minimum Gasteiger partial charge on any atom is -0.378 e. The molecule has 0 radical (unpaired) electrons. The number of aromatic nitrogens is 1. The number of carbonyl (C=O) groups excluding carboxylic acids is 1. The smallest absolute Gasteiger partial charge is 0.284 e. The molecule has 1 aromatic heterocycles. The second-order valence-electron chi connectivity index (χ2n) is 7.25. The van der Waals surface area contributed by atoms with E-state index in [0.29, 0.717) is 43.3 Å². The van der Waals surface area contributed by atoms with E-state index in [-0.39, 0.29) is 25.5 Å². The molecule has 0 saturated carbocycles. The molecule has 0 atom stereocenters. The molecule has 15 heteroatoms. The van der Waals surface area contributed by atoms with Crippen molar-refractivity contribution in [2.75, 3.05) is 36.5 Å². The molecule has 1 N–H and O–H groups in total. The first-order chi connectivity index (χ1) is 16.7. The van der Waals surface area contributed by atoms with Crippen LogP contribution in [0.2, 0.25) is 0 Å². The first-order valence-electron chi connectivity index (χ1n) is 10.0. The number of rotatable bonds is 7. The lowest BCUT2D eigenvalue weighted by Crippen LogP contribution is -2.36. The van der Waals surface area contributed by atoms with Crippen LogP contribution < -0.4 is 10.2 Å². The number of carbonyl (C=O) groups is 1. The number of ether oxygens (including phenoxy) is 1. The van der Waals surface area contributed by atoms with E-state index in [1.807, 2.05) is 4.90 Å². The molecule has 0 unspecified atom stereocenters. The Morgan fingerprint density at radius 3 is 2.37 bits per heavy atom. The number of amides is 1. The van der Waals surface area contributed by atoms with Crippen LogP contribution >= 0.6 is 11.3 Å². The van der Waals surface area contributed by atoms with Gasteiger partial charge < -0.3 is 9.64 Å². The van der Waals surface area contributed by atoms with Crippen molar-refractivity contribution in [1.82, 2.24) is 4.98 Å². The predicted molar refractivity (Wildman–Crippen MR) is 125 cm³/mol. The van der Waals surface area contributed by atoms with Crippen LogP contribution in [0.1, 0.15) is 10.4 Å². The fourth-order valence-electron chi connectivity index (χ4n) is 3.35. The van der Waals surface area contributed by atoms with Crippen molar-refractivity contribution in [3.8, 4) is 0 Å². The zero-order chi connectivity index (χ0) is 25.2. The van der Waals surface area contributed by atoms with Gasteiger partial charge in [-0.05, 0) is 24.3 Å². The summed E-state index contributed by atoms with van der Waals surface area (Å²) in [5.41, 5.74) is -0.284. The summed E-state index contributed by atoms with van der Waals surface area (Å²) in [6.07, 6.45) is 1.03. The van der Waals surface area contributed by atoms with Crippen molar-refractivity contribution in [2.45, 2.75) is 9.10 Å². The summed E-state index contributed by atoms with van der Waals surface area (Å²) in [4.78, 5) is 39.5. The van der Waals surface area contributed by atoms with Gasteiger partial charge in [-0.3, -0.25) is 30.3 Å². The third-order valence-electron chi connectivity index (χ3n) is 5.13. The Labute approximate surface area is 202 Å². The van der Waals surface area contributed by atoms with Crippen LogP contribution in [-0.4, -0.2) is 55.5 Å². The number of hydrogen-bond donors (Lipinski definition) is 1. The summed E-state index contributed by atoms with van der Waals surface area (Å²) in [5.74, 6) is -0.820. The Bertz CT molecular complexity index is 1400. The number of nitrogens with zero attached hydrogens (tertiary/aromatic N) is 4. The van der Waals surface area contributed by atoms with Gasteiger partial charge in [0.1, 0.15) is 9.77 Å². The molecule has 0 bridgehead atoms. The zero-order valence-corrected chi connectivity index (χ0v) is 19.5. The molecule has 2 heterocycles. The van der Waals surface area contributed by atoms with Crippen molar-refractivity contribution in [1.29, 1.82) is 0 Å². The number of sulfone groups is 1. The van der Waals surface area contributed by atoms with Crippen LogP contribution in [0.25, 0.3) is 0 Å². The van der Waals surface area contributed by atoms with Crippen molar-refractivity contribution in [3.05, 3.63) is 74.5 Å². The van der Waals surface area contributed by atoms with Crippen molar-refractivity contribution < 1.29 is 27.8 Å². The van der Waals surface area contributed by atoms with Gasteiger partial charge in [-0.2, -0.15) is 0 Å². The summed E-state index contributed by atoms with van der Waals surface area (Å²) < 4.78 is 30.7. The summed E-state index contributed by atoms with van der Waals surface area (Å²) in [7, 11) is -4.04. The summed E-state index contributed by atoms with van der Waals surface area (Å²) in [6, 6.07) is 8.58. The third kappa shape index (κ3) is 5.11. The lowest BCUT2D eigenvalue weighted by molar-refractivity contribution is -0.385. The molecule has 1 saturated heterocycles. The molecule has 4 rings (SSSR count). The van der Waals surface area contributed by atoms with Crippen LogP contribution in [0, 0.1) is 20.2 Å². The highest BCUT2D eigenvalue weighted by molar-refractivity contribution is 7.93. The molecule has 3 aromatic rings. The average Bonchev–Trinajstić information content (AvgIpc) is 3.33. The topological polar surface area (TPSA) is 175 Å². The highest BCUT2D eigenvalue weighted by atomic mass is 32.2. The summed E-state index contributed by atoms with van der Waals surface area (Å²) in [6.45, 7) is 2.11. The fourth-order valence-corrected chi connectivity index (χ4v) is 5.78. The van der Waals surface area contributed by atoms with Gasteiger partial charge in [0.15, 0.2) is 5.13 Å². The fraction of sp³-hybridized carbons (Fsp3) is 0.200. The maximum Gasteiger partial charge on any atom is 0.284 e. The number of benzene rings is 2. The van der Waals surface area contributed by atoms with Crippen LogP contribution in [0.4, 0.5) is 22.2 Å². The number of hydrogen-bond acceptors (Lipinski definition) is 11. The van der Waals surface area contributed by atoms with Gasteiger partial charge in [-0.15, -0.1) is 0 Å². The molecule has 182 valence electrons. The summed E-state index contributed by atoms with van der Waals surface area (Å²) >= 11 is 0.651. The first-order valence-corrected chi connectivity index (χ1v) is 12.3. The van der Waals surface area contributed by atoms with Gasteiger partial charge >= 0.3 is 0 Å². The van der Waals surface area contributed by atoms with Crippen LogP contribution in [-0.2, 0) is 14.6 Å². The van der Waals surface area contributed by atoms with Gasteiger partial charge in [0.05, 0.1) is 34.2 Å². The monoisotopic (exact) mass is 519 g/mol. The second-order valence-corrected chi connectivity index (χ2v) is 10.5. The Hall–Kier alpha value is -3.95. The van der Waals surface area contributed by atoms with Gasteiger partial charge in [0, 0.05) is 37.0 Å². The molecule has 0 aliphatic carbocycles.